The maximum absolute atomic E-state index is 9.46. The quantitative estimate of drug-likeness (QED) is 0.806. The SMILES string of the molecule is CN(C)c1ccc(-c2cc(-c3ccccc3)c(C#N)c(N)[nH+]2)cc1. The van der Waals surface area contributed by atoms with Crippen molar-refractivity contribution in [2.45, 2.75) is 0 Å². The number of anilines is 2. The molecule has 0 atom stereocenters. The highest BCUT2D eigenvalue weighted by molar-refractivity contribution is 5.77. The summed E-state index contributed by atoms with van der Waals surface area (Å²) in [5, 5.41) is 9.46. The van der Waals surface area contributed by atoms with Gasteiger partial charge in [0.05, 0.1) is 0 Å². The van der Waals surface area contributed by atoms with E-state index in [4.69, 9.17) is 5.73 Å². The molecule has 0 saturated carbocycles. The minimum Gasteiger partial charge on any atom is -0.378 e. The molecule has 0 aliphatic rings. The lowest BCUT2D eigenvalue weighted by molar-refractivity contribution is -0.346. The van der Waals surface area contributed by atoms with Crippen molar-refractivity contribution >= 4 is 11.5 Å². The highest BCUT2D eigenvalue weighted by Crippen LogP contribution is 2.29. The van der Waals surface area contributed by atoms with E-state index in [1.165, 1.54) is 0 Å². The van der Waals surface area contributed by atoms with Gasteiger partial charge < -0.3 is 4.90 Å². The zero-order valence-electron chi connectivity index (χ0n) is 13.7. The standard InChI is InChI=1S/C20H18N4/c1-24(2)16-10-8-15(9-11-16)19-12-17(14-6-4-3-5-7-14)18(13-21)20(22)23-19/h3-12H,1-2H3,(H2,22,23)/p+1. The van der Waals surface area contributed by atoms with Gasteiger partial charge in [0.25, 0.3) is 5.82 Å². The normalized spacial score (nSPS) is 10.2. The van der Waals surface area contributed by atoms with Crippen LogP contribution in [0.5, 0.6) is 0 Å². The topological polar surface area (TPSA) is 67.2 Å². The molecule has 4 nitrogen and oxygen atoms in total. The van der Waals surface area contributed by atoms with Gasteiger partial charge in [0, 0.05) is 30.9 Å². The van der Waals surface area contributed by atoms with E-state index in [2.05, 4.69) is 28.1 Å². The molecule has 24 heavy (non-hydrogen) atoms. The Balaban J connectivity index is 2.13. The van der Waals surface area contributed by atoms with Crippen LogP contribution in [0.1, 0.15) is 5.56 Å². The number of aromatic amines is 1. The fraction of sp³-hybridized carbons (Fsp3) is 0.100. The average Bonchev–Trinajstić information content (AvgIpc) is 2.62. The third-order valence-corrected chi connectivity index (χ3v) is 3.99. The van der Waals surface area contributed by atoms with Crippen LogP contribution in [-0.2, 0) is 0 Å². The first-order valence-electron chi connectivity index (χ1n) is 7.69. The summed E-state index contributed by atoms with van der Waals surface area (Å²) in [4.78, 5) is 5.20. The summed E-state index contributed by atoms with van der Waals surface area (Å²) in [7, 11) is 4.02. The number of nitrogen functional groups attached to an aromatic ring is 1. The predicted molar refractivity (Wildman–Crippen MR) is 97.3 cm³/mol. The number of H-pyrrole nitrogens is 1. The van der Waals surface area contributed by atoms with Crippen molar-refractivity contribution < 1.29 is 4.98 Å². The molecule has 0 radical (unpaired) electrons. The number of rotatable bonds is 3. The van der Waals surface area contributed by atoms with Crippen molar-refractivity contribution in [2.75, 3.05) is 24.7 Å². The van der Waals surface area contributed by atoms with Crippen LogP contribution in [-0.4, -0.2) is 14.1 Å². The van der Waals surface area contributed by atoms with Gasteiger partial charge in [-0.15, -0.1) is 0 Å². The maximum Gasteiger partial charge on any atom is 0.289 e. The summed E-state index contributed by atoms with van der Waals surface area (Å²) in [6, 6.07) is 22.2. The van der Waals surface area contributed by atoms with Gasteiger partial charge in [-0.25, -0.2) is 4.98 Å². The molecule has 118 valence electrons. The van der Waals surface area contributed by atoms with Crippen molar-refractivity contribution in [2.24, 2.45) is 0 Å². The van der Waals surface area contributed by atoms with Crippen molar-refractivity contribution in [3.8, 4) is 28.5 Å². The number of hydrogen-bond acceptors (Lipinski definition) is 3. The summed E-state index contributed by atoms with van der Waals surface area (Å²) in [5.41, 5.74) is 11.4. The molecule has 0 bridgehead atoms. The molecule has 3 N–H and O–H groups in total. The fourth-order valence-electron chi connectivity index (χ4n) is 2.67. The van der Waals surface area contributed by atoms with Gasteiger partial charge in [0.15, 0.2) is 0 Å². The second-order valence-electron chi connectivity index (χ2n) is 5.80. The smallest absolute Gasteiger partial charge is 0.289 e. The molecule has 0 unspecified atom stereocenters. The maximum atomic E-state index is 9.46. The van der Waals surface area contributed by atoms with E-state index in [-0.39, 0.29) is 0 Å². The molecule has 0 saturated heterocycles. The average molecular weight is 315 g/mol. The third-order valence-electron chi connectivity index (χ3n) is 3.99. The molecule has 0 spiro atoms. The van der Waals surface area contributed by atoms with Crippen molar-refractivity contribution in [1.29, 1.82) is 5.26 Å². The number of nitrogens with zero attached hydrogens (tertiary/aromatic N) is 2. The summed E-state index contributed by atoms with van der Waals surface area (Å²) in [6.07, 6.45) is 0. The Kier molecular flexibility index (Phi) is 4.17. The molecule has 2 aromatic carbocycles. The summed E-state index contributed by atoms with van der Waals surface area (Å²) < 4.78 is 0. The first kappa shape index (κ1) is 15.6. The number of benzene rings is 2. The molecular formula is C20H19N4+. The van der Waals surface area contributed by atoms with Gasteiger partial charge in [-0.05, 0) is 35.9 Å². The fourth-order valence-corrected chi connectivity index (χ4v) is 2.67. The summed E-state index contributed by atoms with van der Waals surface area (Å²) in [5.74, 6) is 0.380. The molecule has 1 aromatic heterocycles. The number of hydrogen-bond donors (Lipinski definition) is 1. The Hall–Kier alpha value is -3.32. The van der Waals surface area contributed by atoms with E-state index in [1.807, 2.05) is 62.6 Å². The van der Waals surface area contributed by atoms with E-state index < -0.39 is 0 Å². The van der Waals surface area contributed by atoms with Gasteiger partial charge in [-0.1, -0.05) is 30.3 Å². The number of nitrogens with one attached hydrogen (secondary N) is 1. The van der Waals surface area contributed by atoms with Crippen LogP contribution in [0.2, 0.25) is 0 Å². The van der Waals surface area contributed by atoms with E-state index in [0.717, 1.165) is 28.1 Å². The number of pyridine rings is 1. The molecule has 0 aliphatic heterocycles. The largest absolute Gasteiger partial charge is 0.378 e. The number of nitriles is 1. The van der Waals surface area contributed by atoms with Gasteiger partial charge >= 0.3 is 0 Å². The molecular weight excluding hydrogens is 296 g/mol. The molecule has 0 aliphatic carbocycles. The lowest BCUT2D eigenvalue weighted by atomic mass is 9.98. The van der Waals surface area contributed by atoms with Crippen LogP contribution >= 0.6 is 0 Å². The Morgan fingerprint density at radius 2 is 1.62 bits per heavy atom. The van der Waals surface area contributed by atoms with Gasteiger partial charge in [0.2, 0.25) is 0 Å². The lowest BCUT2D eigenvalue weighted by Crippen LogP contribution is -2.16. The monoisotopic (exact) mass is 315 g/mol. The molecule has 0 amide bonds. The van der Waals surface area contributed by atoms with Crippen LogP contribution in [0, 0.1) is 11.3 Å². The van der Waals surface area contributed by atoms with Gasteiger partial charge in [0.1, 0.15) is 17.3 Å². The first-order valence-corrected chi connectivity index (χ1v) is 7.69. The highest BCUT2D eigenvalue weighted by atomic mass is 15.1. The van der Waals surface area contributed by atoms with E-state index in [1.54, 1.807) is 0 Å². The van der Waals surface area contributed by atoms with Gasteiger partial charge in [-0.3, -0.25) is 5.73 Å². The summed E-state index contributed by atoms with van der Waals surface area (Å²) >= 11 is 0. The minimum absolute atomic E-state index is 0.380. The molecule has 3 rings (SSSR count). The highest BCUT2D eigenvalue weighted by Gasteiger charge is 2.17. The van der Waals surface area contributed by atoms with E-state index >= 15 is 0 Å². The van der Waals surface area contributed by atoms with Crippen LogP contribution in [0.4, 0.5) is 11.5 Å². The zero-order chi connectivity index (χ0) is 17.1. The molecule has 0 fully saturated rings. The minimum atomic E-state index is 0.380. The third kappa shape index (κ3) is 2.92. The molecule has 4 heteroatoms. The van der Waals surface area contributed by atoms with Crippen LogP contribution in [0.25, 0.3) is 22.4 Å². The van der Waals surface area contributed by atoms with Crippen molar-refractivity contribution in [3.63, 3.8) is 0 Å². The Labute approximate surface area is 141 Å². The number of nitrogens with two attached hydrogens (primary N) is 1. The number of aromatic nitrogens is 1. The first-order chi connectivity index (χ1) is 11.6. The Bertz CT molecular complexity index is 891. The van der Waals surface area contributed by atoms with Crippen molar-refractivity contribution in [3.05, 3.63) is 66.2 Å². The molecule has 3 aromatic rings. The van der Waals surface area contributed by atoms with E-state index in [9.17, 15) is 5.26 Å². The second-order valence-corrected chi connectivity index (χ2v) is 5.80. The van der Waals surface area contributed by atoms with Crippen LogP contribution < -0.4 is 15.6 Å². The summed E-state index contributed by atoms with van der Waals surface area (Å²) in [6.45, 7) is 0. The lowest BCUT2D eigenvalue weighted by Gasteiger charge is -2.12. The van der Waals surface area contributed by atoms with Crippen LogP contribution in [0.15, 0.2) is 60.7 Å². The predicted octanol–water partition coefficient (Wildman–Crippen LogP) is 3.35. The Morgan fingerprint density at radius 1 is 0.958 bits per heavy atom. The Morgan fingerprint density at radius 3 is 2.21 bits per heavy atom. The second kappa shape index (κ2) is 6.43. The molecule has 1 heterocycles. The van der Waals surface area contributed by atoms with Gasteiger partial charge in [-0.2, -0.15) is 5.26 Å². The van der Waals surface area contributed by atoms with E-state index in [0.29, 0.717) is 11.4 Å². The zero-order valence-corrected chi connectivity index (χ0v) is 13.7. The van der Waals surface area contributed by atoms with Crippen molar-refractivity contribution in [1.82, 2.24) is 0 Å². The van der Waals surface area contributed by atoms with Crippen LogP contribution in [0.3, 0.4) is 0 Å².